The van der Waals surface area contributed by atoms with Crippen LogP contribution in [-0.2, 0) is 18.9 Å². The number of esters is 1. The SMILES string of the molecule is O=C(O[C@@]1(OC2(CO)O[C@H](CO)[C@@H](O)[C@@H]2O)O[C@H](CO)[C@@H](O)[C@H](O)[C@H]1O)c1ccccc1. The summed E-state index contributed by atoms with van der Waals surface area (Å²) in [7, 11) is 0. The fourth-order valence-corrected chi connectivity index (χ4v) is 3.56. The van der Waals surface area contributed by atoms with Crippen LogP contribution in [0.4, 0.5) is 0 Å². The summed E-state index contributed by atoms with van der Waals surface area (Å²) in [5.74, 6) is -6.79. The van der Waals surface area contributed by atoms with Crippen molar-refractivity contribution in [1.82, 2.24) is 0 Å². The van der Waals surface area contributed by atoms with Crippen LogP contribution >= 0.6 is 0 Å². The highest BCUT2D eigenvalue weighted by atomic mass is 16.9. The fourth-order valence-electron chi connectivity index (χ4n) is 3.56. The first-order valence-electron chi connectivity index (χ1n) is 9.71. The van der Waals surface area contributed by atoms with Crippen molar-refractivity contribution in [2.24, 2.45) is 0 Å². The van der Waals surface area contributed by atoms with Gasteiger partial charge in [0.05, 0.1) is 18.8 Å². The smallest absolute Gasteiger partial charge is 0.362 e. The monoisotopic (exact) mass is 462 g/mol. The average molecular weight is 462 g/mol. The van der Waals surface area contributed by atoms with Gasteiger partial charge in [0, 0.05) is 0 Å². The molecule has 2 fully saturated rings. The molecule has 13 nitrogen and oxygen atoms in total. The molecule has 2 heterocycles. The summed E-state index contributed by atoms with van der Waals surface area (Å²) in [5, 5.41) is 80.3. The van der Waals surface area contributed by atoms with Gasteiger partial charge in [0.15, 0.2) is 6.10 Å². The largest absolute Gasteiger partial charge is 0.402 e. The Labute approximate surface area is 181 Å². The number of hydrogen-bond acceptors (Lipinski definition) is 13. The van der Waals surface area contributed by atoms with Crippen LogP contribution in [0, 0.1) is 0 Å². The molecule has 0 radical (unpaired) electrons. The van der Waals surface area contributed by atoms with Gasteiger partial charge < -0.3 is 55.1 Å². The number of carbonyl (C=O) groups is 1. The van der Waals surface area contributed by atoms with Gasteiger partial charge in [-0.05, 0) is 12.1 Å². The van der Waals surface area contributed by atoms with Gasteiger partial charge in [-0.25, -0.2) is 4.79 Å². The van der Waals surface area contributed by atoms with Crippen LogP contribution in [0.2, 0.25) is 0 Å². The second-order valence-corrected chi connectivity index (χ2v) is 7.47. The van der Waals surface area contributed by atoms with E-state index < -0.39 is 80.3 Å². The second-order valence-electron chi connectivity index (χ2n) is 7.47. The lowest BCUT2D eigenvalue weighted by molar-refractivity contribution is -0.496. The lowest BCUT2D eigenvalue weighted by Crippen LogP contribution is -2.70. The van der Waals surface area contributed by atoms with E-state index in [9.17, 15) is 45.6 Å². The summed E-state index contributed by atoms with van der Waals surface area (Å²) in [6.07, 6.45) is -13.1. The molecule has 2 aliphatic rings. The maximum atomic E-state index is 12.7. The molecule has 2 saturated heterocycles. The Morgan fingerprint density at radius 3 is 1.97 bits per heavy atom. The van der Waals surface area contributed by atoms with Crippen molar-refractivity contribution in [1.29, 1.82) is 0 Å². The molecule has 180 valence electrons. The van der Waals surface area contributed by atoms with Gasteiger partial charge in [-0.15, -0.1) is 0 Å². The third-order valence-corrected chi connectivity index (χ3v) is 5.38. The molecule has 32 heavy (non-hydrogen) atoms. The summed E-state index contributed by atoms with van der Waals surface area (Å²) < 4.78 is 21.2. The summed E-state index contributed by atoms with van der Waals surface area (Å²) in [6, 6.07) is 7.29. The third-order valence-electron chi connectivity index (χ3n) is 5.38. The molecule has 1 aromatic carbocycles. The second kappa shape index (κ2) is 9.62. The highest BCUT2D eigenvalue weighted by molar-refractivity contribution is 5.89. The molecule has 0 aromatic heterocycles. The molecule has 2 aliphatic heterocycles. The van der Waals surface area contributed by atoms with E-state index in [4.69, 9.17) is 18.9 Å². The van der Waals surface area contributed by atoms with E-state index in [1.54, 1.807) is 6.07 Å². The van der Waals surface area contributed by atoms with Gasteiger partial charge >= 0.3 is 11.9 Å². The first-order chi connectivity index (χ1) is 15.1. The number of carbonyl (C=O) groups excluding carboxylic acids is 1. The summed E-state index contributed by atoms with van der Waals surface area (Å²) in [5.41, 5.74) is -0.0494. The number of aliphatic hydroxyl groups excluding tert-OH is 8. The zero-order chi connectivity index (χ0) is 23.7. The number of ether oxygens (including phenoxy) is 4. The zero-order valence-electron chi connectivity index (χ0n) is 16.7. The van der Waals surface area contributed by atoms with Crippen molar-refractivity contribution in [3.63, 3.8) is 0 Å². The summed E-state index contributed by atoms with van der Waals surface area (Å²) in [4.78, 5) is 12.7. The standard InChI is InChI=1S/C19H26O13/c20-6-10-12(23)14(25)16(27)19(30-10,31-17(28)9-4-2-1-3-5-9)32-18(8-22)15(26)13(24)11(7-21)29-18/h1-5,10-16,20-27H,6-8H2/t10-,11-,12-,13-,14+,15+,16-,18?,19+/m1/s1. The highest BCUT2D eigenvalue weighted by Crippen LogP contribution is 2.41. The molecule has 0 aliphatic carbocycles. The number of hydrogen-bond donors (Lipinski definition) is 8. The predicted octanol–water partition coefficient (Wildman–Crippen LogP) is -4.21. The van der Waals surface area contributed by atoms with Crippen LogP contribution in [0.3, 0.4) is 0 Å². The number of rotatable bonds is 7. The van der Waals surface area contributed by atoms with Crippen molar-refractivity contribution in [2.45, 2.75) is 54.5 Å². The van der Waals surface area contributed by atoms with Crippen LogP contribution in [0.5, 0.6) is 0 Å². The molecular weight excluding hydrogens is 436 g/mol. The van der Waals surface area contributed by atoms with E-state index >= 15 is 0 Å². The molecule has 0 spiro atoms. The van der Waals surface area contributed by atoms with Crippen LogP contribution in [-0.4, -0.2) is 121 Å². The van der Waals surface area contributed by atoms with Gasteiger partial charge in [-0.3, -0.25) is 4.74 Å². The Hall–Kier alpha value is -1.75. The third kappa shape index (κ3) is 4.25. The Morgan fingerprint density at radius 1 is 0.844 bits per heavy atom. The average Bonchev–Trinajstić information content (AvgIpc) is 3.05. The summed E-state index contributed by atoms with van der Waals surface area (Å²) in [6.45, 7) is -2.91. The summed E-state index contributed by atoms with van der Waals surface area (Å²) >= 11 is 0. The minimum atomic E-state index is -3.03. The minimum absolute atomic E-state index is 0.0494. The molecule has 1 unspecified atom stereocenters. The van der Waals surface area contributed by atoms with Crippen molar-refractivity contribution < 1.29 is 64.6 Å². The van der Waals surface area contributed by atoms with Crippen molar-refractivity contribution in [2.75, 3.05) is 19.8 Å². The van der Waals surface area contributed by atoms with Crippen molar-refractivity contribution in [3.05, 3.63) is 35.9 Å². The van der Waals surface area contributed by atoms with E-state index in [0.717, 1.165) is 0 Å². The Balaban J connectivity index is 2.03. The predicted molar refractivity (Wildman–Crippen MR) is 99.4 cm³/mol. The number of aliphatic hydroxyl groups is 8. The van der Waals surface area contributed by atoms with Crippen LogP contribution in [0.1, 0.15) is 10.4 Å². The minimum Gasteiger partial charge on any atom is -0.402 e. The molecule has 3 rings (SSSR count). The molecule has 0 saturated carbocycles. The molecule has 9 atom stereocenters. The van der Waals surface area contributed by atoms with Crippen molar-refractivity contribution >= 4 is 5.97 Å². The fraction of sp³-hybridized carbons (Fsp3) is 0.632. The van der Waals surface area contributed by atoms with E-state index in [1.165, 1.54) is 24.3 Å². The van der Waals surface area contributed by atoms with Crippen LogP contribution < -0.4 is 0 Å². The molecule has 1 aromatic rings. The van der Waals surface area contributed by atoms with E-state index in [0.29, 0.717) is 0 Å². The first-order valence-corrected chi connectivity index (χ1v) is 9.71. The van der Waals surface area contributed by atoms with E-state index in [2.05, 4.69) is 0 Å². The van der Waals surface area contributed by atoms with E-state index in [1.807, 2.05) is 0 Å². The molecule has 8 N–H and O–H groups in total. The Kier molecular flexibility index (Phi) is 7.48. The van der Waals surface area contributed by atoms with Gasteiger partial charge in [0.25, 0.3) is 0 Å². The molecular formula is C19H26O13. The van der Waals surface area contributed by atoms with E-state index in [-0.39, 0.29) is 5.56 Å². The molecule has 13 heteroatoms. The molecule has 0 amide bonds. The van der Waals surface area contributed by atoms with Gasteiger partial charge in [0.2, 0.25) is 5.79 Å². The topological polar surface area (TPSA) is 216 Å². The lowest BCUT2D eigenvalue weighted by Gasteiger charge is -2.49. The van der Waals surface area contributed by atoms with Gasteiger partial charge in [-0.2, -0.15) is 0 Å². The maximum Gasteiger partial charge on any atom is 0.362 e. The normalized spacial score (nSPS) is 42.1. The quantitative estimate of drug-likeness (QED) is 0.143. The Morgan fingerprint density at radius 2 is 1.44 bits per heavy atom. The maximum absolute atomic E-state index is 12.7. The Bertz CT molecular complexity index is 776. The van der Waals surface area contributed by atoms with Gasteiger partial charge in [0.1, 0.15) is 43.2 Å². The highest BCUT2D eigenvalue weighted by Gasteiger charge is 2.65. The number of benzene rings is 1. The van der Waals surface area contributed by atoms with Gasteiger partial charge in [-0.1, -0.05) is 18.2 Å². The molecule has 0 bridgehead atoms. The lowest BCUT2D eigenvalue weighted by atomic mass is 9.97. The van der Waals surface area contributed by atoms with Crippen LogP contribution in [0.25, 0.3) is 0 Å². The zero-order valence-corrected chi connectivity index (χ0v) is 16.7. The first kappa shape index (κ1) is 24.9. The van der Waals surface area contributed by atoms with Crippen LogP contribution in [0.15, 0.2) is 30.3 Å². The van der Waals surface area contributed by atoms with Crippen molar-refractivity contribution in [3.8, 4) is 0 Å².